The van der Waals surface area contributed by atoms with Gasteiger partial charge in [0, 0.05) is 41.3 Å². The molecule has 2 aromatic carbocycles. The molecule has 37 heavy (non-hydrogen) atoms. The third-order valence-corrected chi connectivity index (χ3v) is 5.71. The number of imidazole rings is 1. The summed E-state index contributed by atoms with van der Waals surface area (Å²) in [5, 5.41) is 18.8. The average molecular weight is 503 g/mol. The van der Waals surface area contributed by atoms with Gasteiger partial charge >= 0.3 is 5.82 Å². The number of nitro groups is 1. The highest BCUT2D eigenvalue weighted by Crippen LogP contribution is 2.34. The Kier molecular flexibility index (Phi) is 6.24. The van der Waals surface area contributed by atoms with Gasteiger partial charge in [0.25, 0.3) is 5.91 Å². The van der Waals surface area contributed by atoms with Crippen molar-refractivity contribution in [3.63, 3.8) is 0 Å². The number of hydrogen-bond donors (Lipinski definition) is 2. The number of ether oxygens (including phenoxy) is 2. The minimum absolute atomic E-state index is 0.0404. The van der Waals surface area contributed by atoms with Crippen LogP contribution in [0.2, 0.25) is 0 Å². The fourth-order valence-corrected chi connectivity index (χ4v) is 3.99. The van der Waals surface area contributed by atoms with Gasteiger partial charge in [-0.3, -0.25) is 9.59 Å². The summed E-state index contributed by atoms with van der Waals surface area (Å²) in [5.41, 5.74) is 4.45. The van der Waals surface area contributed by atoms with Gasteiger partial charge in [0.15, 0.2) is 23.9 Å². The van der Waals surface area contributed by atoms with Crippen LogP contribution in [0.3, 0.4) is 0 Å². The first-order chi connectivity index (χ1) is 17.9. The highest BCUT2D eigenvalue weighted by atomic mass is 16.7. The van der Waals surface area contributed by atoms with Crippen molar-refractivity contribution in [3.05, 3.63) is 76.4 Å². The molecule has 13 nitrogen and oxygen atoms in total. The smallest absolute Gasteiger partial charge is 0.343 e. The van der Waals surface area contributed by atoms with Gasteiger partial charge in [0.1, 0.15) is 12.7 Å². The molecule has 1 aliphatic heterocycles. The lowest BCUT2D eigenvalue weighted by Gasteiger charge is -2.08. The van der Waals surface area contributed by atoms with E-state index < -0.39 is 10.8 Å². The second-order valence-corrected chi connectivity index (χ2v) is 8.15. The molecule has 13 heteroatoms. The second kappa shape index (κ2) is 9.81. The van der Waals surface area contributed by atoms with E-state index in [1.54, 1.807) is 35.9 Å². The molecular weight excluding hydrogens is 482 g/mol. The maximum absolute atomic E-state index is 12.7. The first kappa shape index (κ1) is 23.5. The monoisotopic (exact) mass is 503 g/mol. The zero-order valence-corrected chi connectivity index (χ0v) is 19.6. The van der Waals surface area contributed by atoms with Gasteiger partial charge in [0.05, 0.1) is 6.21 Å². The quantitative estimate of drug-likeness (QED) is 0.213. The Balaban J connectivity index is 1.27. The third-order valence-electron chi connectivity index (χ3n) is 5.71. The second-order valence-electron chi connectivity index (χ2n) is 8.15. The molecule has 2 amide bonds. The Morgan fingerprint density at radius 1 is 1.16 bits per heavy atom. The van der Waals surface area contributed by atoms with Crippen LogP contribution >= 0.6 is 0 Å². The third kappa shape index (κ3) is 4.96. The summed E-state index contributed by atoms with van der Waals surface area (Å²) in [6, 6.07) is 12.6. The molecule has 0 bridgehead atoms. The molecule has 0 aliphatic carbocycles. The summed E-state index contributed by atoms with van der Waals surface area (Å²) < 4.78 is 13.6. The molecule has 2 aromatic heterocycles. The summed E-state index contributed by atoms with van der Waals surface area (Å²) in [5.74, 6) is 0.471. The topological polar surface area (TPSA) is 155 Å². The fraction of sp³-hybridized carbons (Fsp3) is 0.167. The van der Waals surface area contributed by atoms with Crippen molar-refractivity contribution in [3.8, 4) is 11.5 Å². The molecular formula is C24H21N7O6. The molecule has 0 fully saturated rings. The van der Waals surface area contributed by atoms with E-state index in [-0.39, 0.29) is 31.6 Å². The Labute approximate surface area is 209 Å². The molecule has 0 spiro atoms. The number of fused-ring (bicyclic) bond motifs is 2. The van der Waals surface area contributed by atoms with Gasteiger partial charge in [0.2, 0.25) is 12.7 Å². The molecule has 2 N–H and O–H groups in total. The van der Waals surface area contributed by atoms with E-state index in [1.165, 1.54) is 10.8 Å². The first-order valence-corrected chi connectivity index (χ1v) is 11.1. The molecule has 188 valence electrons. The highest BCUT2D eigenvalue weighted by Gasteiger charge is 2.20. The van der Waals surface area contributed by atoms with Gasteiger partial charge in [-0.15, -0.1) is 0 Å². The predicted molar refractivity (Wildman–Crippen MR) is 132 cm³/mol. The van der Waals surface area contributed by atoms with E-state index in [9.17, 15) is 19.7 Å². The lowest BCUT2D eigenvalue weighted by molar-refractivity contribution is -0.392. The molecule has 0 saturated carbocycles. The minimum atomic E-state index is -0.603. The Morgan fingerprint density at radius 2 is 1.97 bits per heavy atom. The number of nitrogens with zero attached hydrogens (tertiary/aromatic N) is 5. The van der Waals surface area contributed by atoms with E-state index in [2.05, 4.69) is 20.8 Å². The van der Waals surface area contributed by atoms with E-state index in [0.717, 1.165) is 17.1 Å². The van der Waals surface area contributed by atoms with E-state index >= 15 is 0 Å². The number of carbonyl (C=O) groups is 2. The Hall–Kier alpha value is -5.20. The number of aromatic nitrogens is 3. The van der Waals surface area contributed by atoms with Crippen LogP contribution in [0.4, 0.5) is 11.5 Å². The molecule has 0 radical (unpaired) electrons. The lowest BCUT2D eigenvalue weighted by atomic mass is 10.2. The minimum Gasteiger partial charge on any atom is -0.454 e. The number of hydrazone groups is 1. The molecule has 5 rings (SSSR count). The Morgan fingerprint density at radius 3 is 2.81 bits per heavy atom. The van der Waals surface area contributed by atoms with Crippen LogP contribution in [0.1, 0.15) is 11.4 Å². The van der Waals surface area contributed by atoms with Crippen molar-refractivity contribution >= 4 is 40.4 Å². The van der Waals surface area contributed by atoms with Crippen LogP contribution in [-0.2, 0) is 22.7 Å². The number of amides is 2. The number of hydrogen-bond acceptors (Lipinski definition) is 8. The SMILES string of the molecule is Cc1ncc([N+](=O)[O-])n1CC(=O)N/N=C/c1cn(CC(=O)Nc2ccc3c(c2)OCO3)c2ccccc12. The number of anilines is 1. The van der Waals surface area contributed by atoms with Gasteiger partial charge in [-0.05, 0) is 23.1 Å². The highest BCUT2D eigenvalue weighted by molar-refractivity contribution is 6.00. The van der Waals surface area contributed by atoms with Crippen LogP contribution in [0.15, 0.2) is 60.0 Å². The molecule has 4 aromatic rings. The summed E-state index contributed by atoms with van der Waals surface area (Å²) in [7, 11) is 0. The summed E-state index contributed by atoms with van der Waals surface area (Å²) in [6.45, 7) is 1.46. The maximum atomic E-state index is 12.7. The summed E-state index contributed by atoms with van der Waals surface area (Å²) >= 11 is 0. The van der Waals surface area contributed by atoms with Crippen molar-refractivity contribution in [1.82, 2.24) is 19.5 Å². The zero-order chi connectivity index (χ0) is 25.9. The predicted octanol–water partition coefficient (Wildman–Crippen LogP) is 2.57. The molecule has 0 atom stereocenters. The zero-order valence-electron chi connectivity index (χ0n) is 19.6. The molecule has 1 aliphatic rings. The van der Waals surface area contributed by atoms with Gasteiger partial charge in [-0.1, -0.05) is 18.2 Å². The van der Waals surface area contributed by atoms with E-state index in [1.807, 2.05) is 24.3 Å². The Bertz CT molecular complexity index is 1550. The number of benzene rings is 2. The normalized spacial score (nSPS) is 12.2. The van der Waals surface area contributed by atoms with Gasteiger partial charge < -0.3 is 29.5 Å². The largest absolute Gasteiger partial charge is 0.454 e. The van der Waals surface area contributed by atoms with Crippen molar-refractivity contribution in [2.45, 2.75) is 20.0 Å². The van der Waals surface area contributed by atoms with Crippen LogP contribution in [-0.4, -0.2) is 43.9 Å². The van der Waals surface area contributed by atoms with Crippen molar-refractivity contribution < 1.29 is 24.0 Å². The van der Waals surface area contributed by atoms with Gasteiger partial charge in [-0.25, -0.2) is 15.0 Å². The molecule has 0 saturated heterocycles. The fourth-order valence-electron chi connectivity index (χ4n) is 3.99. The molecule has 3 heterocycles. The van der Waals surface area contributed by atoms with E-state index in [4.69, 9.17) is 9.47 Å². The van der Waals surface area contributed by atoms with Crippen molar-refractivity contribution in [2.24, 2.45) is 5.10 Å². The molecule has 0 unspecified atom stereocenters. The lowest BCUT2D eigenvalue weighted by Crippen LogP contribution is -2.24. The van der Waals surface area contributed by atoms with Crippen LogP contribution < -0.4 is 20.2 Å². The number of para-hydroxylation sites is 1. The first-order valence-electron chi connectivity index (χ1n) is 11.1. The number of rotatable bonds is 8. The van der Waals surface area contributed by atoms with Crippen LogP contribution in [0.5, 0.6) is 11.5 Å². The standard InChI is InChI=1S/C24H21N7O6/c1-15-25-10-24(31(34)35)30(15)13-23(33)28-26-9-16-11-29(19-5-3-2-4-18(16)19)12-22(32)27-17-6-7-20-21(8-17)37-14-36-20/h2-11H,12-14H2,1H3,(H,27,32)(H,28,33)/b26-9+. The maximum Gasteiger partial charge on any atom is 0.343 e. The van der Waals surface area contributed by atoms with Crippen LogP contribution in [0, 0.1) is 17.0 Å². The summed E-state index contributed by atoms with van der Waals surface area (Å²) in [4.78, 5) is 39.4. The van der Waals surface area contributed by atoms with Crippen LogP contribution in [0.25, 0.3) is 10.9 Å². The summed E-state index contributed by atoms with van der Waals surface area (Å²) in [6.07, 6.45) is 4.31. The van der Waals surface area contributed by atoms with Crippen molar-refractivity contribution in [1.29, 1.82) is 0 Å². The number of aryl methyl sites for hydroxylation is 1. The van der Waals surface area contributed by atoms with Crippen molar-refractivity contribution in [2.75, 3.05) is 12.1 Å². The van der Waals surface area contributed by atoms with Gasteiger partial charge in [-0.2, -0.15) is 5.10 Å². The average Bonchev–Trinajstić information content (AvgIpc) is 3.57. The van der Waals surface area contributed by atoms with E-state index in [0.29, 0.717) is 28.6 Å². The number of nitrogens with one attached hydrogen (secondary N) is 2. The number of carbonyl (C=O) groups excluding carboxylic acids is 2.